The normalized spacial score (nSPS) is 16.9. The van der Waals surface area contributed by atoms with E-state index in [1.165, 1.54) is 0 Å². The fourth-order valence-corrected chi connectivity index (χ4v) is 1.85. The molecule has 0 saturated carbocycles. The molecule has 20 heavy (non-hydrogen) atoms. The lowest BCUT2D eigenvalue weighted by molar-refractivity contribution is -0.152. The zero-order chi connectivity index (χ0) is 14.4. The first-order valence-electron chi connectivity index (χ1n) is 6.57. The Bertz CT molecular complexity index is 458. The van der Waals surface area contributed by atoms with E-state index in [1.54, 1.807) is 0 Å². The van der Waals surface area contributed by atoms with Gasteiger partial charge in [0.2, 0.25) is 0 Å². The molecule has 1 aliphatic rings. The fraction of sp³-hybridized carbons (Fsp3) is 0.467. The van der Waals surface area contributed by atoms with E-state index in [4.69, 9.17) is 14.2 Å². The molecule has 1 saturated heterocycles. The van der Waals surface area contributed by atoms with Crippen molar-refractivity contribution in [3.05, 3.63) is 35.9 Å². The smallest absolute Gasteiger partial charge is 0.465 e. The predicted molar refractivity (Wildman–Crippen MR) is 71.1 cm³/mol. The Balaban J connectivity index is 1.71. The van der Waals surface area contributed by atoms with E-state index < -0.39 is 11.6 Å². The molecule has 1 fully saturated rings. The highest BCUT2D eigenvalue weighted by Gasteiger charge is 2.34. The molecule has 1 aromatic rings. The number of hydrogen-bond acceptors (Lipinski definition) is 5. The molecule has 0 unspecified atom stereocenters. The Kier molecular flexibility index (Phi) is 4.61. The van der Waals surface area contributed by atoms with E-state index >= 15 is 0 Å². The van der Waals surface area contributed by atoms with Gasteiger partial charge in [-0.05, 0) is 18.9 Å². The Labute approximate surface area is 117 Å². The highest BCUT2D eigenvalue weighted by atomic mass is 16.7. The summed E-state index contributed by atoms with van der Waals surface area (Å²) in [6.45, 7) is 2.45. The first kappa shape index (κ1) is 14.4. The Morgan fingerprint density at radius 2 is 1.90 bits per heavy atom. The molecule has 0 aromatic heterocycles. The van der Waals surface area contributed by atoms with Crippen LogP contribution in [0.2, 0.25) is 0 Å². The van der Waals surface area contributed by atoms with Crippen LogP contribution in [0.5, 0.6) is 0 Å². The maximum atomic E-state index is 11.7. The summed E-state index contributed by atoms with van der Waals surface area (Å²) >= 11 is 0. The molecule has 1 aliphatic heterocycles. The molecule has 0 amide bonds. The van der Waals surface area contributed by atoms with Crippen LogP contribution in [-0.4, -0.2) is 31.9 Å². The maximum absolute atomic E-state index is 11.7. The van der Waals surface area contributed by atoms with Crippen LogP contribution in [-0.2, 0) is 25.4 Å². The molecular formula is C15H18O5. The van der Waals surface area contributed by atoms with Gasteiger partial charge in [-0.1, -0.05) is 30.3 Å². The van der Waals surface area contributed by atoms with Gasteiger partial charge in [-0.3, -0.25) is 4.79 Å². The van der Waals surface area contributed by atoms with Crippen LogP contribution in [0.4, 0.5) is 4.79 Å². The number of benzene rings is 1. The first-order chi connectivity index (χ1) is 9.57. The second kappa shape index (κ2) is 6.41. The van der Waals surface area contributed by atoms with Crippen LogP contribution >= 0.6 is 0 Å². The quantitative estimate of drug-likeness (QED) is 0.774. The van der Waals surface area contributed by atoms with Crippen LogP contribution in [0.15, 0.2) is 30.3 Å². The van der Waals surface area contributed by atoms with Gasteiger partial charge in [0, 0.05) is 6.42 Å². The summed E-state index contributed by atoms with van der Waals surface area (Å²) in [6.07, 6.45) is 0.320. The third-order valence-electron chi connectivity index (χ3n) is 3.12. The van der Waals surface area contributed by atoms with Crippen LogP contribution in [0.1, 0.15) is 18.9 Å². The van der Waals surface area contributed by atoms with Gasteiger partial charge in [-0.2, -0.15) is 0 Å². The lowest BCUT2D eigenvalue weighted by atomic mass is 9.94. The fourth-order valence-electron chi connectivity index (χ4n) is 1.85. The van der Waals surface area contributed by atoms with Crippen LogP contribution < -0.4 is 0 Å². The van der Waals surface area contributed by atoms with Gasteiger partial charge in [-0.25, -0.2) is 4.79 Å². The zero-order valence-corrected chi connectivity index (χ0v) is 11.5. The van der Waals surface area contributed by atoms with E-state index in [0.717, 1.165) is 5.56 Å². The molecule has 0 aliphatic carbocycles. The summed E-state index contributed by atoms with van der Waals surface area (Å²) in [6, 6.07) is 9.77. The largest absolute Gasteiger partial charge is 0.508 e. The second-order valence-electron chi connectivity index (χ2n) is 5.28. The summed E-state index contributed by atoms with van der Waals surface area (Å²) in [5.41, 5.74) is 0.640. The number of aryl methyl sites for hydroxylation is 1. The zero-order valence-electron chi connectivity index (χ0n) is 11.5. The Morgan fingerprint density at radius 1 is 1.25 bits per heavy atom. The van der Waals surface area contributed by atoms with Gasteiger partial charge in [0.25, 0.3) is 0 Å². The van der Waals surface area contributed by atoms with Crippen molar-refractivity contribution in [3.63, 3.8) is 0 Å². The monoisotopic (exact) mass is 278 g/mol. The highest BCUT2D eigenvalue weighted by molar-refractivity contribution is 5.69. The summed E-state index contributed by atoms with van der Waals surface area (Å²) in [5.74, 6) is -0.257. The first-order valence-corrected chi connectivity index (χ1v) is 6.57. The Hall–Kier alpha value is -2.04. The van der Waals surface area contributed by atoms with Gasteiger partial charge in [0.15, 0.2) is 0 Å². The molecule has 0 radical (unpaired) electrons. The number of ether oxygens (including phenoxy) is 3. The van der Waals surface area contributed by atoms with E-state index in [-0.39, 0.29) is 25.8 Å². The summed E-state index contributed by atoms with van der Waals surface area (Å²) in [4.78, 5) is 22.5. The number of esters is 1. The molecule has 0 spiro atoms. The SMILES string of the molecule is CC1(COC(=O)CCc2ccccc2)COC(=O)OC1. The third kappa shape index (κ3) is 4.26. The van der Waals surface area contributed by atoms with Crippen molar-refractivity contribution in [1.82, 2.24) is 0 Å². The maximum Gasteiger partial charge on any atom is 0.508 e. The summed E-state index contributed by atoms with van der Waals surface area (Å²) in [7, 11) is 0. The minimum Gasteiger partial charge on any atom is -0.465 e. The van der Waals surface area contributed by atoms with Crippen molar-refractivity contribution in [2.75, 3.05) is 19.8 Å². The number of rotatable bonds is 5. The molecule has 0 N–H and O–H groups in total. The van der Waals surface area contributed by atoms with Crippen LogP contribution in [0, 0.1) is 5.41 Å². The van der Waals surface area contributed by atoms with Crippen LogP contribution in [0.3, 0.4) is 0 Å². The molecule has 5 heteroatoms. The average molecular weight is 278 g/mol. The van der Waals surface area contributed by atoms with Crippen molar-refractivity contribution in [2.24, 2.45) is 5.41 Å². The Morgan fingerprint density at radius 3 is 2.55 bits per heavy atom. The summed E-state index contributed by atoms with van der Waals surface area (Å²) in [5, 5.41) is 0. The van der Waals surface area contributed by atoms with Gasteiger partial charge in [0.05, 0.1) is 5.41 Å². The van der Waals surface area contributed by atoms with Gasteiger partial charge >= 0.3 is 12.1 Å². The van der Waals surface area contributed by atoms with Crippen molar-refractivity contribution in [2.45, 2.75) is 19.8 Å². The molecule has 2 rings (SSSR count). The van der Waals surface area contributed by atoms with E-state index in [0.29, 0.717) is 12.8 Å². The van der Waals surface area contributed by atoms with Crippen molar-refractivity contribution in [1.29, 1.82) is 0 Å². The standard InChI is InChI=1S/C15H18O5/c1-15(10-19-14(17)20-11-15)9-18-13(16)8-7-12-5-3-2-4-6-12/h2-6H,7-11H2,1H3. The van der Waals surface area contributed by atoms with Crippen molar-refractivity contribution < 1.29 is 23.8 Å². The molecule has 0 bridgehead atoms. The predicted octanol–water partition coefficient (Wildman–Crippen LogP) is 2.34. The minimum atomic E-state index is -0.669. The molecule has 1 heterocycles. The summed E-state index contributed by atoms with van der Waals surface area (Å²) < 4.78 is 14.8. The van der Waals surface area contributed by atoms with E-state index in [1.807, 2.05) is 37.3 Å². The molecule has 1 aromatic carbocycles. The molecule has 0 atom stereocenters. The average Bonchev–Trinajstić information content (AvgIpc) is 2.48. The van der Waals surface area contributed by atoms with Crippen molar-refractivity contribution >= 4 is 12.1 Å². The van der Waals surface area contributed by atoms with Crippen molar-refractivity contribution in [3.8, 4) is 0 Å². The number of cyclic esters (lactones) is 2. The molecule has 108 valence electrons. The third-order valence-corrected chi connectivity index (χ3v) is 3.12. The lowest BCUT2D eigenvalue weighted by Crippen LogP contribution is -2.41. The number of hydrogen-bond donors (Lipinski definition) is 0. The second-order valence-corrected chi connectivity index (χ2v) is 5.28. The molecule has 5 nitrogen and oxygen atoms in total. The van der Waals surface area contributed by atoms with Crippen LogP contribution in [0.25, 0.3) is 0 Å². The van der Waals surface area contributed by atoms with Gasteiger partial charge in [0.1, 0.15) is 19.8 Å². The topological polar surface area (TPSA) is 61.8 Å². The highest BCUT2D eigenvalue weighted by Crippen LogP contribution is 2.22. The minimum absolute atomic E-state index is 0.188. The number of carbonyl (C=O) groups excluding carboxylic acids is 2. The van der Waals surface area contributed by atoms with E-state index in [9.17, 15) is 9.59 Å². The van der Waals surface area contributed by atoms with Gasteiger partial charge < -0.3 is 14.2 Å². The van der Waals surface area contributed by atoms with E-state index in [2.05, 4.69) is 0 Å². The number of carbonyl (C=O) groups is 2. The molecular weight excluding hydrogens is 260 g/mol. The van der Waals surface area contributed by atoms with Gasteiger partial charge in [-0.15, -0.1) is 0 Å². The lowest BCUT2D eigenvalue weighted by Gasteiger charge is -2.31.